The SMILES string of the molecule is COCO[Si](OCOC)(OCOC)c1ccccc1. The smallest absolute Gasteiger partial charge is 0.360 e. The Morgan fingerprint density at radius 2 is 1.16 bits per heavy atom. The molecule has 19 heavy (non-hydrogen) atoms. The monoisotopic (exact) mass is 288 g/mol. The van der Waals surface area contributed by atoms with Gasteiger partial charge in [0.25, 0.3) is 0 Å². The molecule has 1 aromatic carbocycles. The van der Waals surface area contributed by atoms with E-state index < -0.39 is 8.80 Å². The minimum Gasteiger partial charge on any atom is -0.360 e. The van der Waals surface area contributed by atoms with Crippen LogP contribution in [0, 0.1) is 0 Å². The summed E-state index contributed by atoms with van der Waals surface area (Å²) in [5, 5.41) is 0.821. The minimum absolute atomic E-state index is 0.0640. The third-order valence-electron chi connectivity index (χ3n) is 2.23. The van der Waals surface area contributed by atoms with Gasteiger partial charge >= 0.3 is 8.80 Å². The third-order valence-corrected chi connectivity index (χ3v) is 4.76. The molecule has 0 bridgehead atoms. The van der Waals surface area contributed by atoms with E-state index in [1.165, 1.54) is 21.3 Å². The number of ether oxygens (including phenoxy) is 3. The maximum atomic E-state index is 5.68. The summed E-state index contributed by atoms with van der Waals surface area (Å²) < 4.78 is 31.9. The van der Waals surface area contributed by atoms with Gasteiger partial charge in [-0.1, -0.05) is 30.3 Å². The second-order valence-electron chi connectivity index (χ2n) is 3.57. The van der Waals surface area contributed by atoms with Gasteiger partial charge in [-0.15, -0.1) is 0 Å². The van der Waals surface area contributed by atoms with Crippen molar-refractivity contribution in [2.75, 3.05) is 41.7 Å². The summed E-state index contributed by atoms with van der Waals surface area (Å²) >= 11 is 0. The molecule has 0 atom stereocenters. The van der Waals surface area contributed by atoms with Crippen molar-refractivity contribution in [3.05, 3.63) is 30.3 Å². The summed E-state index contributed by atoms with van der Waals surface area (Å²) in [6, 6.07) is 9.45. The number of hydrogen-bond acceptors (Lipinski definition) is 6. The van der Waals surface area contributed by atoms with Crippen LogP contribution in [0.15, 0.2) is 30.3 Å². The maximum absolute atomic E-state index is 5.68. The highest BCUT2D eigenvalue weighted by atomic mass is 28.4. The molecule has 0 saturated heterocycles. The van der Waals surface area contributed by atoms with Crippen molar-refractivity contribution in [1.82, 2.24) is 0 Å². The Bertz CT molecular complexity index is 312. The Morgan fingerprint density at radius 1 is 0.737 bits per heavy atom. The first-order chi connectivity index (χ1) is 9.29. The van der Waals surface area contributed by atoms with E-state index in [4.69, 9.17) is 27.5 Å². The predicted octanol–water partition coefficient (Wildman–Crippen LogP) is 0.694. The van der Waals surface area contributed by atoms with Crippen molar-refractivity contribution in [2.45, 2.75) is 0 Å². The van der Waals surface area contributed by atoms with E-state index in [1.807, 2.05) is 30.3 Å². The summed E-state index contributed by atoms with van der Waals surface area (Å²) in [6.45, 7) is 0.192. The lowest BCUT2D eigenvalue weighted by Crippen LogP contribution is -2.57. The van der Waals surface area contributed by atoms with Crippen LogP contribution in [0.1, 0.15) is 0 Å². The summed E-state index contributed by atoms with van der Waals surface area (Å²) in [5.41, 5.74) is 0. The molecule has 0 saturated carbocycles. The van der Waals surface area contributed by atoms with E-state index in [9.17, 15) is 0 Å². The molecule has 6 nitrogen and oxygen atoms in total. The zero-order valence-corrected chi connectivity index (χ0v) is 12.5. The van der Waals surface area contributed by atoms with Crippen LogP contribution in [0.25, 0.3) is 0 Å². The van der Waals surface area contributed by atoms with E-state index in [0.29, 0.717) is 0 Å². The van der Waals surface area contributed by atoms with E-state index >= 15 is 0 Å². The highest BCUT2D eigenvalue weighted by Crippen LogP contribution is 2.11. The van der Waals surface area contributed by atoms with E-state index in [2.05, 4.69) is 0 Å². The van der Waals surface area contributed by atoms with Gasteiger partial charge in [0.05, 0.1) is 0 Å². The molecule has 7 heteroatoms. The van der Waals surface area contributed by atoms with Crippen LogP contribution in [0.3, 0.4) is 0 Å². The normalized spacial score (nSPS) is 11.7. The molecule has 0 fully saturated rings. The van der Waals surface area contributed by atoms with E-state index in [-0.39, 0.29) is 20.4 Å². The lowest BCUT2D eigenvalue weighted by Gasteiger charge is -2.28. The number of methoxy groups -OCH3 is 3. The largest absolute Gasteiger partial charge is 0.542 e. The van der Waals surface area contributed by atoms with Crippen LogP contribution in [-0.4, -0.2) is 50.5 Å². The lowest BCUT2D eigenvalue weighted by molar-refractivity contribution is -0.0779. The highest BCUT2D eigenvalue weighted by molar-refractivity contribution is 6.75. The molecule has 0 spiro atoms. The molecule has 1 rings (SSSR count). The molecule has 0 heterocycles. The summed E-state index contributed by atoms with van der Waals surface area (Å²) in [5.74, 6) is 0. The van der Waals surface area contributed by atoms with Crippen LogP contribution >= 0.6 is 0 Å². The fourth-order valence-electron chi connectivity index (χ4n) is 1.43. The molecular weight excluding hydrogens is 268 g/mol. The highest BCUT2D eigenvalue weighted by Gasteiger charge is 2.44. The quantitative estimate of drug-likeness (QED) is 0.466. The average molecular weight is 288 g/mol. The molecule has 0 amide bonds. The summed E-state index contributed by atoms with van der Waals surface area (Å²) in [4.78, 5) is 0. The van der Waals surface area contributed by atoms with Gasteiger partial charge in [0.15, 0.2) is 0 Å². The standard InChI is InChI=1S/C12H20O6Si/c1-13-9-16-19(17-10-14-2,18-11-15-3)12-7-5-4-6-8-12/h4-8H,9-11H2,1-3H3. The molecular formula is C12H20O6Si. The molecule has 0 radical (unpaired) electrons. The molecule has 0 aromatic heterocycles. The van der Waals surface area contributed by atoms with Gasteiger partial charge in [-0.05, 0) is 0 Å². The first-order valence-corrected chi connectivity index (χ1v) is 7.45. The van der Waals surface area contributed by atoms with Gasteiger partial charge in [0.1, 0.15) is 20.4 Å². The van der Waals surface area contributed by atoms with Gasteiger partial charge < -0.3 is 27.5 Å². The molecule has 0 aliphatic heterocycles. The summed E-state index contributed by atoms with van der Waals surface area (Å²) in [6.07, 6.45) is 0. The van der Waals surface area contributed by atoms with Gasteiger partial charge in [-0.3, -0.25) is 0 Å². The zero-order valence-electron chi connectivity index (χ0n) is 11.5. The minimum atomic E-state index is -3.11. The second kappa shape index (κ2) is 9.16. The third kappa shape index (κ3) is 5.00. The van der Waals surface area contributed by atoms with Crippen molar-refractivity contribution in [2.24, 2.45) is 0 Å². The number of rotatable bonds is 10. The van der Waals surface area contributed by atoms with E-state index in [0.717, 1.165) is 5.19 Å². The summed E-state index contributed by atoms with van der Waals surface area (Å²) in [7, 11) is 1.51. The Morgan fingerprint density at radius 3 is 1.53 bits per heavy atom. The molecule has 0 N–H and O–H groups in total. The first kappa shape index (κ1) is 16.3. The van der Waals surface area contributed by atoms with Crippen LogP contribution < -0.4 is 5.19 Å². The molecule has 0 unspecified atom stereocenters. The van der Waals surface area contributed by atoms with Crippen molar-refractivity contribution in [1.29, 1.82) is 0 Å². The first-order valence-electron chi connectivity index (χ1n) is 5.73. The Balaban J connectivity index is 2.94. The predicted molar refractivity (Wildman–Crippen MR) is 70.7 cm³/mol. The van der Waals surface area contributed by atoms with Crippen LogP contribution in [0.5, 0.6) is 0 Å². The molecule has 0 aliphatic carbocycles. The Hall–Kier alpha value is -0.803. The molecule has 108 valence electrons. The molecule has 0 aliphatic rings. The average Bonchev–Trinajstić information content (AvgIpc) is 2.48. The topological polar surface area (TPSA) is 55.4 Å². The fraction of sp³-hybridized carbons (Fsp3) is 0.500. The van der Waals surface area contributed by atoms with Crippen molar-refractivity contribution >= 4 is 14.0 Å². The van der Waals surface area contributed by atoms with Crippen LogP contribution in [0.2, 0.25) is 0 Å². The van der Waals surface area contributed by atoms with Crippen molar-refractivity contribution in [3.8, 4) is 0 Å². The van der Waals surface area contributed by atoms with Crippen molar-refractivity contribution in [3.63, 3.8) is 0 Å². The van der Waals surface area contributed by atoms with Crippen LogP contribution in [0.4, 0.5) is 0 Å². The number of hydrogen-bond donors (Lipinski definition) is 0. The molecule has 1 aromatic rings. The van der Waals surface area contributed by atoms with Gasteiger partial charge in [0, 0.05) is 26.5 Å². The lowest BCUT2D eigenvalue weighted by atomic mass is 10.4. The van der Waals surface area contributed by atoms with Gasteiger partial charge in [-0.2, -0.15) is 0 Å². The van der Waals surface area contributed by atoms with Gasteiger partial charge in [0.2, 0.25) is 0 Å². The van der Waals surface area contributed by atoms with Gasteiger partial charge in [-0.25, -0.2) is 0 Å². The van der Waals surface area contributed by atoms with E-state index in [1.54, 1.807) is 0 Å². The second-order valence-corrected chi connectivity index (χ2v) is 6.13. The zero-order chi connectivity index (χ0) is 14.0. The van der Waals surface area contributed by atoms with Crippen LogP contribution in [-0.2, 0) is 27.5 Å². The Labute approximate surface area is 114 Å². The number of benzene rings is 1. The Kier molecular flexibility index (Phi) is 7.83. The maximum Gasteiger partial charge on any atom is 0.542 e. The van der Waals surface area contributed by atoms with Crippen molar-refractivity contribution < 1.29 is 27.5 Å². The fourth-order valence-corrected chi connectivity index (χ4v) is 3.60.